The summed E-state index contributed by atoms with van der Waals surface area (Å²) in [5, 5.41) is 0.960. The number of rotatable bonds is 1. The molecule has 21 heavy (non-hydrogen) atoms. The molecule has 0 amide bonds. The highest BCUT2D eigenvalue weighted by Gasteiger charge is 2.31. The van der Waals surface area contributed by atoms with Crippen LogP contribution < -0.4 is 5.30 Å². The maximum absolute atomic E-state index is 6.16. The van der Waals surface area contributed by atoms with E-state index in [1.807, 2.05) is 18.8 Å². The van der Waals surface area contributed by atoms with Gasteiger partial charge in [-0.1, -0.05) is 45.0 Å². The van der Waals surface area contributed by atoms with Crippen molar-refractivity contribution < 1.29 is 0 Å². The predicted molar refractivity (Wildman–Crippen MR) is 102 cm³/mol. The van der Waals surface area contributed by atoms with E-state index in [4.69, 9.17) is 45.0 Å². The van der Waals surface area contributed by atoms with Gasteiger partial charge in [-0.25, -0.2) is 9.03 Å². The Bertz CT molecular complexity index is 715. The fourth-order valence-corrected chi connectivity index (χ4v) is 18.8. The Morgan fingerprint density at radius 2 is 1.29 bits per heavy atom. The lowest BCUT2D eigenvalue weighted by Gasteiger charge is -2.25. The van der Waals surface area contributed by atoms with E-state index in [0.29, 0.717) is 0 Å². The van der Waals surface area contributed by atoms with Crippen LogP contribution in [0.25, 0.3) is 0 Å². The lowest BCUT2D eigenvalue weighted by molar-refractivity contribution is 0.590. The SMILES string of the molecule is CC(C)(C)c1ccc(P2(C)=NP(Cl)(Cl)=NP(Cl)(Cl)=N2)cc1. The first kappa shape index (κ1) is 18.4. The molecular formula is C11H16Cl4N3P3. The van der Waals surface area contributed by atoms with E-state index in [0.717, 1.165) is 5.30 Å². The molecule has 1 heterocycles. The molecule has 0 N–H and O–H groups in total. The lowest BCUT2D eigenvalue weighted by atomic mass is 9.87. The first-order valence-corrected chi connectivity index (χ1v) is 15.3. The van der Waals surface area contributed by atoms with Gasteiger partial charge in [-0.05, 0) is 62.6 Å². The van der Waals surface area contributed by atoms with Crippen LogP contribution in [-0.2, 0) is 5.41 Å². The highest BCUT2D eigenvalue weighted by atomic mass is 35.9. The van der Waals surface area contributed by atoms with Gasteiger partial charge in [0.1, 0.15) is 7.21 Å². The molecule has 1 aliphatic rings. The minimum atomic E-state index is -2.85. The normalized spacial score (nSPS) is 27.2. The Balaban J connectivity index is 2.59. The van der Waals surface area contributed by atoms with Gasteiger partial charge in [-0.3, -0.25) is 0 Å². The van der Waals surface area contributed by atoms with Crippen molar-refractivity contribution in [3.8, 4) is 0 Å². The van der Waals surface area contributed by atoms with Gasteiger partial charge >= 0.3 is 0 Å². The van der Waals surface area contributed by atoms with Gasteiger partial charge < -0.3 is 0 Å². The van der Waals surface area contributed by atoms with Crippen LogP contribution in [0.3, 0.4) is 0 Å². The van der Waals surface area contributed by atoms with Crippen LogP contribution in [-0.4, -0.2) is 6.66 Å². The molecule has 0 saturated carbocycles. The Kier molecular flexibility index (Phi) is 5.13. The first-order chi connectivity index (χ1) is 9.33. The molecule has 0 fully saturated rings. The van der Waals surface area contributed by atoms with Crippen molar-refractivity contribution in [3.05, 3.63) is 29.8 Å². The van der Waals surface area contributed by atoms with E-state index in [9.17, 15) is 0 Å². The third-order valence-electron chi connectivity index (χ3n) is 3.00. The van der Waals surface area contributed by atoms with Crippen molar-refractivity contribution in [2.24, 2.45) is 13.5 Å². The number of benzene rings is 1. The first-order valence-electron chi connectivity index (χ1n) is 6.12. The Labute approximate surface area is 145 Å². The van der Waals surface area contributed by atoms with Crippen molar-refractivity contribution in [3.63, 3.8) is 0 Å². The Morgan fingerprint density at radius 3 is 1.71 bits per heavy atom. The zero-order valence-corrected chi connectivity index (χ0v) is 17.7. The summed E-state index contributed by atoms with van der Waals surface area (Å²) in [6.45, 7) is 8.40. The van der Waals surface area contributed by atoms with E-state index < -0.39 is 19.0 Å². The highest BCUT2D eigenvalue weighted by molar-refractivity contribution is 8.21. The molecule has 10 heteroatoms. The van der Waals surface area contributed by atoms with Crippen molar-refractivity contribution in [1.82, 2.24) is 0 Å². The van der Waals surface area contributed by atoms with E-state index in [1.165, 1.54) is 5.56 Å². The predicted octanol–water partition coefficient (Wildman–Crippen LogP) is 8.22. The smallest absolute Gasteiger partial charge is 0.209 e. The molecule has 1 unspecified atom stereocenters. The molecule has 0 aromatic heterocycles. The molecule has 1 aromatic rings. The Morgan fingerprint density at radius 1 is 0.810 bits per heavy atom. The van der Waals surface area contributed by atoms with Gasteiger partial charge in [-0.15, -0.1) is 0 Å². The maximum Gasteiger partial charge on any atom is 0.255 e. The van der Waals surface area contributed by atoms with E-state index in [2.05, 4.69) is 46.5 Å². The molecule has 1 atom stereocenters. The van der Waals surface area contributed by atoms with Gasteiger partial charge in [0.25, 0.3) is 11.8 Å². The molecule has 0 radical (unpaired) electrons. The summed E-state index contributed by atoms with van der Waals surface area (Å²) in [7, 11) is -2.30. The Hall–Kier alpha value is 1.07. The van der Waals surface area contributed by atoms with Gasteiger partial charge in [0.2, 0.25) is 0 Å². The quantitative estimate of drug-likeness (QED) is 0.407. The van der Waals surface area contributed by atoms with Crippen LogP contribution in [0.5, 0.6) is 0 Å². The number of halogens is 4. The van der Waals surface area contributed by atoms with Crippen LogP contribution >= 0.6 is 64.0 Å². The molecule has 118 valence electrons. The highest BCUT2D eigenvalue weighted by Crippen LogP contribution is 2.84. The van der Waals surface area contributed by atoms with Crippen LogP contribution in [0, 0.1) is 0 Å². The summed E-state index contributed by atoms with van der Waals surface area (Å²) in [6.07, 6.45) is 0. The summed E-state index contributed by atoms with van der Waals surface area (Å²) in [6, 6.07) is 8.16. The zero-order valence-electron chi connectivity index (χ0n) is 12.0. The minimum Gasteiger partial charge on any atom is -0.209 e. The van der Waals surface area contributed by atoms with Crippen molar-refractivity contribution in [2.45, 2.75) is 26.2 Å². The van der Waals surface area contributed by atoms with E-state index in [1.54, 1.807) is 0 Å². The maximum atomic E-state index is 6.16. The van der Waals surface area contributed by atoms with E-state index in [-0.39, 0.29) is 5.41 Å². The minimum absolute atomic E-state index is 0.0829. The van der Waals surface area contributed by atoms with Crippen molar-refractivity contribution in [2.75, 3.05) is 6.66 Å². The second-order valence-electron chi connectivity index (χ2n) is 5.89. The fraction of sp³-hybridized carbons (Fsp3) is 0.455. The largest absolute Gasteiger partial charge is 0.255 e. The summed E-state index contributed by atoms with van der Waals surface area (Å²) >= 11 is 24.7. The third-order valence-corrected chi connectivity index (χ3v) is 15.4. The fourth-order valence-electron chi connectivity index (χ4n) is 1.95. The van der Waals surface area contributed by atoms with Crippen LogP contribution in [0.15, 0.2) is 37.8 Å². The summed E-state index contributed by atoms with van der Waals surface area (Å²) in [4.78, 5) is 0. The molecule has 1 aromatic carbocycles. The van der Waals surface area contributed by atoms with Crippen LogP contribution in [0.4, 0.5) is 0 Å². The number of nitrogens with zero attached hydrogens (tertiary/aromatic N) is 3. The van der Waals surface area contributed by atoms with Gasteiger partial charge in [0.05, 0.1) is 0 Å². The zero-order chi connectivity index (χ0) is 16.1. The second kappa shape index (κ2) is 5.86. The third kappa shape index (κ3) is 4.54. The topological polar surface area (TPSA) is 37.1 Å². The van der Waals surface area contributed by atoms with Crippen LogP contribution in [0.1, 0.15) is 26.3 Å². The monoisotopic (exact) mass is 423 g/mol. The van der Waals surface area contributed by atoms with Gasteiger partial charge in [0.15, 0.2) is 0 Å². The molecule has 1 aliphatic heterocycles. The second-order valence-corrected chi connectivity index (χ2v) is 18.9. The van der Waals surface area contributed by atoms with Gasteiger partial charge in [0, 0.05) is 5.30 Å². The standard InChI is InChI=1S/C11H16Cl4N3P3/c1-11(2,3)9-5-7-10(8-6-9)19(4)16-20(12,13)18-21(14,15)17-19/h5-8H,1-4H3. The summed E-state index contributed by atoms with van der Waals surface area (Å²) in [5.74, 6) is -5.71. The van der Waals surface area contributed by atoms with Crippen molar-refractivity contribution >= 4 is 69.3 Å². The average Bonchev–Trinajstić information content (AvgIpc) is 2.23. The molecule has 0 aliphatic carbocycles. The van der Waals surface area contributed by atoms with E-state index >= 15 is 0 Å². The van der Waals surface area contributed by atoms with Crippen molar-refractivity contribution in [1.29, 1.82) is 0 Å². The molecule has 2 rings (SSSR count). The molecular weight excluding hydrogens is 409 g/mol. The molecule has 3 nitrogen and oxygen atoms in total. The summed E-state index contributed by atoms with van der Waals surface area (Å²) < 4.78 is 13.0. The average molecular weight is 425 g/mol. The molecule has 0 bridgehead atoms. The summed E-state index contributed by atoms with van der Waals surface area (Å²) in [5.41, 5.74) is 1.31. The number of hydrogen-bond donors (Lipinski definition) is 0. The van der Waals surface area contributed by atoms with Crippen LogP contribution in [0.2, 0.25) is 0 Å². The molecule has 0 saturated heterocycles. The van der Waals surface area contributed by atoms with Gasteiger partial charge in [-0.2, -0.15) is 4.52 Å². The molecule has 0 spiro atoms. The number of hydrogen-bond acceptors (Lipinski definition) is 3. The lowest BCUT2D eigenvalue weighted by Crippen LogP contribution is -2.12.